The van der Waals surface area contributed by atoms with E-state index >= 15 is 0 Å². The molecule has 0 spiro atoms. The predicted octanol–water partition coefficient (Wildman–Crippen LogP) is 9.89. The van der Waals surface area contributed by atoms with Gasteiger partial charge in [-0.15, -0.1) is 0 Å². The summed E-state index contributed by atoms with van der Waals surface area (Å²) < 4.78 is 6.21. The molecule has 7 rings (SSSR count). The predicted molar refractivity (Wildman–Crippen MR) is 183 cm³/mol. The number of fused-ring (bicyclic) bond motifs is 3. The summed E-state index contributed by atoms with van der Waals surface area (Å²) >= 11 is 0. The molecule has 0 saturated heterocycles. The number of nitrogens with zero attached hydrogens (tertiary/aromatic N) is 2. The Balaban J connectivity index is 1.25. The van der Waals surface area contributed by atoms with E-state index in [0.717, 1.165) is 61.1 Å². The third-order valence-corrected chi connectivity index (χ3v) is 7.42. The highest BCUT2D eigenvalue weighted by molar-refractivity contribution is 6.13. The number of hydrogen-bond donors (Lipinski definition) is 2. The van der Waals surface area contributed by atoms with Crippen LogP contribution in [0.3, 0.4) is 0 Å². The summed E-state index contributed by atoms with van der Waals surface area (Å²) in [5.41, 5.74) is 8.26. The van der Waals surface area contributed by atoms with E-state index in [1.165, 1.54) is 0 Å². The molecular formula is C39H28N4O. The average Bonchev–Trinajstić information content (AvgIpc) is 3.45. The highest BCUT2D eigenvalue weighted by Gasteiger charge is 2.14. The van der Waals surface area contributed by atoms with Crippen LogP contribution in [-0.2, 0) is 0 Å². The maximum Gasteiger partial charge on any atom is 0.161 e. The summed E-state index contributed by atoms with van der Waals surface area (Å²) in [5.74, 6) is 0.617. The van der Waals surface area contributed by atoms with Gasteiger partial charge < -0.3 is 9.73 Å². The minimum Gasteiger partial charge on any atom is -0.456 e. The van der Waals surface area contributed by atoms with Gasteiger partial charge in [0.2, 0.25) is 0 Å². The number of furan rings is 1. The molecule has 210 valence electrons. The Morgan fingerprint density at radius 1 is 0.614 bits per heavy atom. The highest BCUT2D eigenvalue weighted by atomic mass is 16.3. The summed E-state index contributed by atoms with van der Waals surface area (Å²) in [7, 11) is 0. The van der Waals surface area contributed by atoms with Crippen LogP contribution in [0.4, 0.5) is 11.4 Å². The normalized spacial score (nSPS) is 11.8. The zero-order valence-corrected chi connectivity index (χ0v) is 23.8. The molecule has 0 aliphatic heterocycles. The van der Waals surface area contributed by atoms with Crippen molar-refractivity contribution in [2.45, 2.75) is 0 Å². The van der Waals surface area contributed by atoms with Gasteiger partial charge in [0.1, 0.15) is 11.2 Å². The Bertz CT molecular complexity index is 2130. The molecule has 0 aliphatic rings. The third-order valence-electron chi connectivity index (χ3n) is 7.42. The Morgan fingerprint density at radius 2 is 1.27 bits per heavy atom. The molecule has 5 nitrogen and oxygen atoms in total. The van der Waals surface area contributed by atoms with Crippen LogP contribution in [0.1, 0.15) is 16.7 Å². The van der Waals surface area contributed by atoms with Crippen molar-refractivity contribution in [2.75, 3.05) is 5.32 Å². The van der Waals surface area contributed by atoms with Gasteiger partial charge in [0.25, 0.3) is 0 Å². The minimum absolute atomic E-state index is 0.154. The summed E-state index contributed by atoms with van der Waals surface area (Å²) in [4.78, 5) is 9.34. The van der Waals surface area contributed by atoms with Crippen LogP contribution in [0.2, 0.25) is 0 Å². The second-order valence-corrected chi connectivity index (χ2v) is 10.4. The summed E-state index contributed by atoms with van der Waals surface area (Å²) in [6.07, 6.45) is 1.78. The first-order chi connectivity index (χ1) is 21.7. The second kappa shape index (κ2) is 12.0. The van der Waals surface area contributed by atoms with Crippen LogP contribution >= 0.6 is 0 Å². The van der Waals surface area contributed by atoms with Crippen molar-refractivity contribution in [3.63, 3.8) is 0 Å². The van der Waals surface area contributed by atoms with Gasteiger partial charge >= 0.3 is 0 Å². The molecule has 0 amide bonds. The lowest BCUT2D eigenvalue weighted by Crippen LogP contribution is -2.05. The van der Waals surface area contributed by atoms with Gasteiger partial charge in [-0.1, -0.05) is 109 Å². The molecule has 1 heterocycles. The fourth-order valence-corrected chi connectivity index (χ4v) is 5.20. The smallest absolute Gasteiger partial charge is 0.161 e. The van der Waals surface area contributed by atoms with E-state index in [1.807, 2.05) is 121 Å². The fraction of sp³-hybridized carbons (Fsp3) is 0. The minimum atomic E-state index is 0.154. The van der Waals surface area contributed by atoms with Gasteiger partial charge in [0.05, 0.1) is 0 Å². The van der Waals surface area contributed by atoms with E-state index in [0.29, 0.717) is 5.84 Å². The zero-order chi connectivity index (χ0) is 29.7. The first-order valence-corrected chi connectivity index (χ1v) is 14.4. The van der Waals surface area contributed by atoms with E-state index in [2.05, 4.69) is 40.6 Å². The number of aliphatic imine (C=N–C) groups is 2. The standard InChI is InChI=1S/C39H28N4O/c40-38(29-16-8-3-9-17-29)43-39(41-26-27-12-4-1-5-13-27)30-20-22-31(23-21-30)42-35-24-34-32-18-10-11-19-36(32)44-37(34)25-33(35)28-14-6-2-7-15-28/h1-26,40,42H. The fourth-order valence-electron chi connectivity index (χ4n) is 5.20. The average molecular weight is 569 g/mol. The van der Waals surface area contributed by atoms with Crippen LogP contribution in [-0.4, -0.2) is 17.9 Å². The van der Waals surface area contributed by atoms with Gasteiger partial charge in [-0.25, -0.2) is 9.98 Å². The molecule has 44 heavy (non-hydrogen) atoms. The Kier molecular flexibility index (Phi) is 7.33. The van der Waals surface area contributed by atoms with Crippen molar-refractivity contribution in [3.05, 3.63) is 168 Å². The number of hydrogen-bond acceptors (Lipinski definition) is 3. The lowest BCUT2D eigenvalue weighted by Gasteiger charge is -2.14. The van der Waals surface area contributed by atoms with Crippen molar-refractivity contribution in [2.24, 2.45) is 9.98 Å². The topological polar surface area (TPSA) is 73.7 Å². The molecule has 0 aliphatic carbocycles. The molecule has 0 radical (unpaired) electrons. The summed E-state index contributed by atoms with van der Waals surface area (Å²) in [6.45, 7) is 0. The Morgan fingerprint density at radius 3 is 2.02 bits per heavy atom. The first-order valence-electron chi connectivity index (χ1n) is 14.4. The maximum absolute atomic E-state index is 8.62. The van der Waals surface area contributed by atoms with Gasteiger partial charge in [-0.3, -0.25) is 5.41 Å². The molecule has 2 N–H and O–H groups in total. The summed E-state index contributed by atoms with van der Waals surface area (Å²) in [5, 5.41) is 14.4. The molecule has 0 saturated carbocycles. The number of para-hydroxylation sites is 1. The van der Waals surface area contributed by atoms with Crippen LogP contribution in [0, 0.1) is 5.41 Å². The Hall–Kier alpha value is -6.07. The molecule has 0 fully saturated rings. The van der Waals surface area contributed by atoms with E-state index in [1.54, 1.807) is 6.21 Å². The molecule has 0 atom stereocenters. The van der Waals surface area contributed by atoms with E-state index in [-0.39, 0.29) is 5.84 Å². The molecule has 0 unspecified atom stereocenters. The van der Waals surface area contributed by atoms with E-state index in [4.69, 9.17) is 14.8 Å². The van der Waals surface area contributed by atoms with Gasteiger partial charge in [-0.2, -0.15) is 0 Å². The number of nitrogens with one attached hydrogen (secondary N) is 2. The van der Waals surface area contributed by atoms with Gasteiger partial charge in [-0.05, 0) is 53.6 Å². The van der Waals surface area contributed by atoms with Crippen LogP contribution in [0.15, 0.2) is 166 Å². The van der Waals surface area contributed by atoms with Crippen LogP contribution in [0.5, 0.6) is 0 Å². The molecule has 0 bridgehead atoms. The second-order valence-electron chi connectivity index (χ2n) is 10.4. The van der Waals surface area contributed by atoms with Crippen LogP contribution < -0.4 is 5.32 Å². The van der Waals surface area contributed by atoms with Gasteiger partial charge in [0, 0.05) is 45.1 Å². The van der Waals surface area contributed by atoms with Crippen molar-refractivity contribution in [3.8, 4) is 11.1 Å². The number of anilines is 2. The third kappa shape index (κ3) is 5.67. The molecule has 5 heteroatoms. The Labute approximate surface area is 255 Å². The lowest BCUT2D eigenvalue weighted by molar-refractivity contribution is 0.669. The highest BCUT2D eigenvalue weighted by Crippen LogP contribution is 2.38. The molecule has 1 aromatic heterocycles. The number of benzene rings is 6. The zero-order valence-electron chi connectivity index (χ0n) is 23.8. The molecule has 6 aromatic carbocycles. The molecular weight excluding hydrogens is 540 g/mol. The lowest BCUT2D eigenvalue weighted by atomic mass is 10.0. The number of amidine groups is 2. The SMILES string of the molecule is N=C(N=C(N=Cc1ccccc1)c1ccc(Nc2cc3c(cc2-c2ccccc2)oc2ccccc23)cc1)c1ccccc1. The largest absolute Gasteiger partial charge is 0.456 e. The quantitative estimate of drug-likeness (QED) is 0.155. The van der Waals surface area contributed by atoms with E-state index < -0.39 is 0 Å². The van der Waals surface area contributed by atoms with Crippen molar-refractivity contribution < 1.29 is 4.42 Å². The first kappa shape index (κ1) is 26.8. The van der Waals surface area contributed by atoms with Crippen LogP contribution in [0.25, 0.3) is 33.1 Å². The van der Waals surface area contributed by atoms with Crippen molar-refractivity contribution in [1.29, 1.82) is 5.41 Å². The van der Waals surface area contributed by atoms with E-state index in [9.17, 15) is 0 Å². The van der Waals surface area contributed by atoms with Gasteiger partial charge in [0.15, 0.2) is 11.7 Å². The van der Waals surface area contributed by atoms with Crippen molar-refractivity contribution in [1.82, 2.24) is 0 Å². The number of rotatable bonds is 6. The monoisotopic (exact) mass is 568 g/mol. The van der Waals surface area contributed by atoms with Crippen molar-refractivity contribution >= 4 is 51.2 Å². The molecule has 7 aromatic rings. The maximum atomic E-state index is 8.62. The summed E-state index contributed by atoms with van der Waals surface area (Å²) in [6, 6.07) is 50.1.